The van der Waals surface area contributed by atoms with E-state index < -0.39 is 0 Å². The largest absolute Gasteiger partial charge is 0.497 e. The van der Waals surface area contributed by atoms with Crippen molar-refractivity contribution >= 4 is 35.6 Å². The number of ether oxygens (including phenoxy) is 1. The third-order valence-electron chi connectivity index (χ3n) is 3.84. The van der Waals surface area contributed by atoms with E-state index in [4.69, 9.17) is 4.74 Å². The Morgan fingerprint density at radius 3 is 2.30 bits per heavy atom. The Bertz CT molecular complexity index is 470. The molecule has 23 heavy (non-hydrogen) atoms. The number of halogens is 1. The molecule has 1 aromatic rings. The summed E-state index contributed by atoms with van der Waals surface area (Å²) in [5, 5.41) is 3.40. The van der Waals surface area contributed by atoms with Gasteiger partial charge in [-0.3, -0.25) is 4.99 Å². The number of rotatable bonds is 5. The van der Waals surface area contributed by atoms with Crippen LogP contribution in [-0.2, 0) is 0 Å². The molecule has 1 saturated heterocycles. The molecule has 0 aromatic heterocycles. The number of guanidine groups is 1. The Labute approximate surface area is 157 Å². The Kier molecular flexibility index (Phi) is 9.13. The van der Waals surface area contributed by atoms with E-state index >= 15 is 0 Å². The molecular formula is C17H29IN4O. The Hall–Kier alpha value is -1.18. The topological polar surface area (TPSA) is 40.1 Å². The number of nitrogens with one attached hydrogen (secondary N) is 1. The minimum Gasteiger partial charge on any atom is -0.497 e. The molecule has 0 saturated carbocycles. The molecule has 0 bridgehead atoms. The van der Waals surface area contributed by atoms with Gasteiger partial charge in [-0.25, -0.2) is 0 Å². The van der Waals surface area contributed by atoms with Crippen LogP contribution in [0.25, 0.3) is 0 Å². The van der Waals surface area contributed by atoms with E-state index in [1.54, 1.807) is 7.11 Å². The van der Waals surface area contributed by atoms with E-state index in [0.717, 1.165) is 57.4 Å². The summed E-state index contributed by atoms with van der Waals surface area (Å²) >= 11 is 0. The first-order valence-corrected chi connectivity index (χ1v) is 8.20. The standard InChI is InChI=1S/C17H28N4O.HI/c1-4-10-19-17(18-5-2)21-13-11-20(12-14-21)15-6-8-16(22-3)9-7-15;/h6-9H,4-5,10-14H2,1-3H3,(H,18,19);1H. The van der Waals surface area contributed by atoms with Crippen LogP contribution < -0.4 is 15.0 Å². The van der Waals surface area contributed by atoms with E-state index in [1.165, 1.54) is 5.69 Å². The third kappa shape index (κ3) is 5.75. The van der Waals surface area contributed by atoms with Gasteiger partial charge in [0.1, 0.15) is 5.75 Å². The number of methoxy groups -OCH3 is 1. The van der Waals surface area contributed by atoms with Gasteiger partial charge in [0.15, 0.2) is 5.96 Å². The van der Waals surface area contributed by atoms with Crippen LogP contribution in [0.5, 0.6) is 5.75 Å². The summed E-state index contributed by atoms with van der Waals surface area (Å²) in [5.74, 6) is 1.96. The molecule has 0 radical (unpaired) electrons. The molecule has 0 aliphatic carbocycles. The second-order valence-electron chi connectivity index (χ2n) is 5.41. The first-order chi connectivity index (χ1) is 10.8. The number of hydrogen-bond donors (Lipinski definition) is 1. The molecular weight excluding hydrogens is 403 g/mol. The number of benzene rings is 1. The van der Waals surface area contributed by atoms with E-state index in [-0.39, 0.29) is 24.0 Å². The fraction of sp³-hybridized carbons (Fsp3) is 0.588. The van der Waals surface area contributed by atoms with E-state index in [9.17, 15) is 0 Å². The lowest BCUT2D eigenvalue weighted by molar-refractivity contribution is 0.372. The van der Waals surface area contributed by atoms with Gasteiger partial charge >= 0.3 is 0 Å². The van der Waals surface area contributed by atoms with Gasteiger partial charge in [0.2, 0.25) is 0 Å². The lowest BCUT2D eigenvalue weighted by Crippen LogP contribution is -2.52. The van der Waals surface area contributed by atoms with E-state index in [0.29, 0.717) is 0 Å². The van der Waals surface area contributed by atoms with Crippen LogP contribution in [0.4, 0.5) is 5.69 Å². The molecule has 1 N–H and O–H groups in total. The maximum atomic E-state index is 5.22. The highest BCUT2D eigenvalue weighted by atomic mass is 127. The quantitative estimate of drug-likeness (QED) is 0.442. The van der Waals surface area contributed by atoms with Crippen LogP contribution in [0.3, 0.4) is 0 Å². The average molecular weight is 432 g/mol. The fourth-order valence-electron chi connectivity index (χ4n) is 2.61. The molecule has 5 nitrogen and oxygen atoms in total. The summed E-state index contributed by atoms with van der Waals surface area (Å²) < 4.78 is 5.22. The van der Waals surface area contributed by atoms with Crippen LogP contribution in [0, 0.1) is 0 Å². The summed E-state index contributed by atoms with van der Waals surface area (Å²) in [6, 6.07) is 8.30. The predicted octanol–water partition coefficient (Wildman–Crippen LogP) is 2.81. The Morgan fingerprint density at radius 1 is 1.13 bits per heavy atom. The van der Waals surface area contributed by atoms with Crippen molar-refractivity contribution in [3.05, 3.63) is 24.3 Å². The van der Waals surface area contributed by atoms with Crippen LogP contribution in [0.1, 0.15) is 20.3 Å². The molecule has 6 heteroatoms. The zero-order valence-electron chi connectivity index (χ0n) is 14.4. The van der Waals surface area contributed by atoms with Crippen molar-refractivity contribution in [2.75, 3.05) is 51.3 Å². The first-order valence-electron chi connectivity index (χ1n) is 8.20. The van der Waals surface area contributed by atoms with Gasteiger partial charge in [-0.1, -0.05) is 6.92 Å². The van der Waals surface area contributed by atoms with Gasteiger partial charge < -0.3 is 19.9 Å². The summed E-state index contributed by atoms with van der Waals surface area (Å²) in [4.78, 5) is 9.45. The third-order valence-corrected chi connectivity index (χ3v) is 3.84. The van der Waals surface area contributed by atoms with Crippen molar-refractivity contribution in [1.29, 1.82) is 0 Å². The highest BCUT2D eigenvalue weighted by Gasteiger charge is 2.19. The summed E-state index contributed by atoms with van der Waals surface area (Å²) in [6.45, 7) is 10.1. The second-order valence-corrected chi connectivity index (χ2v) is 5.41. The van der Waals surface area contributed by atoms with Crippen molar-refractivity contribution in [3.63, 3.8) is 0 Å². The summed E-state index contributed by atoms with van der Waals surface area (Å²) in [6.07, 6.45) is 1.08. The van der Waals surface area contributed by atoms with Gasteiger partial charge in [0, 0.05) is 45.0 Å². The van der Waals surface area contributed by atoms with Gasteiger partial charge in [-0.2, -0.15) is 0 Å². The molecule has 1 aliphatic rings. The number of aliphatic imine (C=N–C) groups is 1. The second kappa shape index (κ2) is 10.6. The fourth-order valence-corrected chi connectivity index (χ4v) is 2.61. The average Bonchev–Trinajstić information content (AvgIpc) is 2.59. The number of piperazine rings is 1. The van der Waals surface area contributed by atoms with Crippen LogP contribution >= 0.6 is 24.0 Å². The molecule has 1 heterocycles. The highest BCUT2D eigenvalue weighted by Crippen LogP contribution is 2.20. The molecule has 130 valence electrons. The highest BCUT2D eigenvalue weighted by molar-refractivity contribution is 14.0. The zero-order chi connectivity index (χ0) is 15.8. The summed E-state index contributed by atoms with van der Waals surface area (Å²) in [7, 11) is 1.70. The van der Waals surface area contributed by atoms with Crippen LogP contribution in [0.15, 0.2) is 29.3 Å². The minimum absolute atomic E-state index is 0. The number of anilines is 1. The van der Waals surface area contributed by atoms with Crippen molar-refractivity contribution in [3.8, 4) is 5.75 Å². The number of nitrogens with zero attached hydrogens (tertiary/aromatic N) is 3. The van der Waals surface area contributed by atoms with E-state index in [1.807, 2.05) is 12.1 Å². The van der Waals surface area contributed by atoms with Crippen LogP contribution in [0.2, 0.25) is 0 Å². The maximum Gasteiger partial charge on any atom is 0.194 e. The van der Waals surface area contributed by atoms with E-state index in [2.05, 4.69) is 46.1 Å². The molecule has 0 unspecified atom stereocenters. The molecule has 1 aromatic carbocycles. The molecule has 0 atom stereocenters. The van der Waals surface area contributed by atoms with Crippen molar-refractivity contribution in [2.24, 2.45) is 4.99 Å². The summed E-state index contributed by atoms with van der Waals surface area (Å²) in [5.41, 5.74) is 1.26. The maximum absolute atomic E-state index is 5.22. The van der Waals surface area contributed by atoms with Crippen LogP contribution in [-0.4, -0.2) is 57.2 Å². The monoisotopic (exact) mass is 432 g/mol. The molecule has 0 amide bonds. The SMILES string of the molecule is CCCN=C(NCC)N1CCN(c2ccc(OC)cc2)CC1.I. The molecule has 1 aliphatic heterocycles. The zero-order valence-corrected chi connectivity index (χ0v) is 16.7. The minimum atomic E-state index is 0. The van der Waals surface area contributed by atoms with Crippen molar-refractivity contribution in [2.45, 2.75) is 20.3 Å². The smallest absolute Gasteiger partial charge is 0.194 e. The van der Waals surface area contributed by atoms with Gasteiger partial charge in [-0.15, -0.1) is 24.0 Å². The molecule has 2 rings (SSSR count). The number of hydrogen-bond acceptors (Lipinski definition) is 3. The first kappa shape index (κ1) is 19.9. The van der Waals surface area contributed by atoms with Gasteiger partial charge in [0.05, 0.1) is 7.11 Å². The van der Waals surface area contributed by atoms with Crippen molar-refractivity contribution in [1.82, 2.24) is 10.2 Å². The van der Waals surface area contributed by atoms with Gasteiger partial charge in [0.25, 0.3) is 0 Å². The Balaban J connectivity index is 0.00000264. The van der Waals surface area contributed by atoms with Gasteiger partial charge in [-0.05, 0) is 37.6 Å². The lowest BCUT2D eigenvalue weighted by Gasteiger charge is -2.37. The van der Waals surface area contributed by atoms with Crippen molar-refractivity contribution < 1.29 is 4.74 Å². The molecule has 0 spiro atoms. The normalized spacial score (nSPS) is 15.2. The predicted molar refractivity (Wildman–Crippen MR) is 108 cm³/mol. The Morgan fingerprint density at radius 2 is 1.78 bits per heavy atom. The lowest BCUT2D eigenvalue weighted by atomic mass is 10.2. The molecule has 1 fully saturated rings.